The van der Waals surface area contributed by atoms with Crippen molar-refractivity contribution in [2.45, 2.75) is 109 Å². The maximum Gasteiger partial charge on any atom is 0.161 e. The Morgan fingerprint density at radius 1 is 0.519 bits per heavy atom. The molecular formula is C25H36O2. The van der Waals surface area contributed by atoms with E-state index in [2.05, 4.69) is 0 Å². The molecule has 0 heterocycles. The van der Waals surface area contributed by atoms with Crippen LogP contribution in [0, 0.1) is 11.8 Å². The Morgan fingerprint density at radius 2 is 0.926 bits per heavy atom. The van der Waals surface area contributed by atoms with E-state index >= 15 is 0 Å². The van der Waals surface area contributed by atoms with E-state index in [1.54, 1.807) is 0 Å². The van der Waals surface area contributed by atoms with Gasteiger partial charge in [0.2, 0.25) is 0 Å². The number of Topliss-reactive ketones (excluding diaryl/α,β-unsaturated/α-hetero) is 2. The van der Waals surface area contributed by atoms with E-state index in [0.717, 1.165) is 70.6 Å². The summed E-state index contributed by atoms with van der Waals surface area (Å²) in [5, 5.41) is 0. The summed E-state index contributed by atoms with van der Waals surface area (Å²) in [4.78, 5) is 26.4. The highest BCUT2D eigenvalue weighted by Gasteiger charge is 2.35. The van der Waals surface area contributed by atoms with Crippen molar-refractivity contribution in [2.24, 2.45) is 11.8 Å². The Balaban J connectivity index is 1.46. The first-order valence-electron chi connectivity index (χ1n) is 11.7. The number of rotatable bonds is 2. The molecule has 148 valence electrons. The molecule has 2 heteroatoms. The molecule has 4 rings (SSSR count). The zero-order valence-electron chi connectivity index (χ0n) is 17.0. The Bertz CT molecular complexity index is 579. The molecule has 0 N–H and O–H groups in total. The standard InChI is InChI=1S/C25H36O2/c26-24-20(13-7-15-22(24)18-9-3-1-4-10-18)17-21-14-8-16-23(25(21)27)19-11-5-2-6-12-19/h20-21H,1-17H2. The zero-order valence-corrected chi connectivity index (χ0v) is 17.0. The summed E-state index contributed by atoms with van der Waals surface area (Å²) in [5.74, 6) is 1.08. The van der Waals surface area contributed by atoms with Crippen LogP contribution < -0.4 is 0 Å². The van der Waals surface area contributed by atoms with Crippen molar-refractivity contribution < 1.29 is 9.59 Å². The van der Waals surface area contributed by atoms with Crippen molar-refractivity contribution in [3.8, 4) is 0 Å². The van der Waals surface area contributed by atoms with Crippen molar-refractivity contribution in [3.63, 3.8) is 0 Å². The van der Waals surface area contributed by atoms with Crippen LogP contribution in [0.15, 0.2) is 22.3 Å². The first-order chi connectivity index (χ1) is 13.2. The highest BCUT2D eigenvalue weighted by Crippen LogP contribution is 2.40. The molecule has 0 spiro atoms. The predicted molar refractivity (Wildman–Crippen MR) is 110 cm³/mol. The molecule has 0 bridgehead atoms. The second-order valence-electron chi connectivity index (χ2n) is 9.43. The second-order valence-corrected chi connectivity index (χ2v) is 9.43. The largest absolute Gasteiger partial charge is 0.294 e. The lowest BCUT2D eigenvalue weighted by Crippen LogP contribution is -2.30. The van der Waals surface area contributed by atoms with Crippen molar-refractivity contribution >= 4 is 11.6 Å². The summed E-state index contributed by atoms with van der Waals surface area (Å²) >= 11 is 0. The molecule has 4 fully saturated rings. The van der Waals surface area contributed by atoms with Gasteiger partial charge in [0.25, 0.3) is 0 Å². The van der Waals surface area contributed by atoms with Crippen LogP contribution in [-0.2, 0) is 9.59 Å². The molecule has 4 aliphatic carbocycles. The third-order valence-electron chi connectivity index (χ3n) is 7.63. The van der Waals surface area contributed by atoms with Crippen LogP contribution in [0.3, 0.4) is 0 Å². The molecule has 2 nitrogen and oxygen atoms in total. The number of carbonyl (C=O) groups excluding carboxylic acids is 2. The third kappa shape index (κ3) is 4.30. The predicted octanol–water partition coefficient (Wildman–Crippen LogP) is 6.64. The average Bonchev–Trinajstić information content (AvgIpc) is 2.72. The van der Waals surface area contributed by atoms with Gasteiger partial charge in [0, 0.05) is 11.8 Å². The van der Waals surface area contributed by atoms with Gasteiger partial charge in [-0.1, -0.05) is 24.0 Å². The SMILES string of the molecule is O=C1C(=C2CCCCC2)CCCC1CC1CCCC(=C2CCCCC2)C1=O. The van der Waals surface area contributed by atoms with Gasteiger partial charge < -0.3 is 0 Å². The van der Waals surface area contributed by atoms with E-state index in [1.165, 1.54) is 60.8 Å². The van der Waals surface area contributed by atoms with E-state index in [9.17, 15) is 9.59 Å². The third-order valence-corrected chi connectivity index (χ3v) is 7.63. The fourth-order valence-corrected chi connectivity index (χ4v) is 6.11. The van der Waals surface area contributed by atoms with Crippen LogP contribution in [0.4, 0.5) is 0 Å². The minimum Gasteiger partial charge on any atom is -0.294 e. The number of hydrogen-bond acceptors (Lipinski definition) is 2. The molecule has 0 aromatic heterocycles. The summed E-state index contributed by atoms with van der Waals surface area (Å²) < 4.78 is 0. The summed E-state index contributed by atoms with van der Waals surface area (Å²) in [7, 11) is 0. The lowest BCUT2D eigenvalue weighted by molar-refractivity contribution is -0.124. The van der Waals surface area contributed by atoms with Crippen molar-refractivity contribution in [3.05, 3.63) is 22.3 Å². The molecule has 0 saturated heterocycles. The summed E-state index contributed by atoms with van der Waals surface area (Å²) in [6.45, 7) is 0. The molecule has 4 saturated carbocycles. The Labute approximate surface area is 164 Å². The van der Waals surface area contributed by atoms with Crippen molar-refractivity contribution in [1.29, 1.82) is 0 Å². The van der Waals surface area contributed by atoms with E-state index < -0.39 is 0 Å². The summed E-state index contributed by atoms with van der Waals surface area (Å²) in [6, 6.07) is 0. The van der Waals surface area contributed by atoms with Crippen LogP contribution in [0.2, 0.25) is 0 Å². The first-order valence-corrected chi connectivity index (χ1v) is 11.7. The lowest BCUT2D eigenvalue weighted by atomic mass is 9.71. The minimum absolute atomic E-state index is 0.118. The molecule has 27 heavy (non-hydrogen) atoms. The maximum atomic E-state index is 13.2. The molecule has 2 atom stereocenters. The Hall–Kier alpha value is -1.18. The van der Waals surface area contributed by atoms with E-state index in [0.29, 0.717) is 11.6 Å². The van der Waals surface area contributed by atoms with Crippen molar-refractivity contribution in [2.75, 3.05) is 0 Å². The van der Waals surface area contributed by atoms with Gasteiger partial charge in [0.05, 0.1) is 0 Å². The van der Waals surface area contributed by atoms with Gasteiger partial charge >= 0.3 is 0 Å². The van der Waals surface area contributed by atoms with Crippen LogP contribution in [0.1, 0.15) is 109 Å². The van der Waals surface area contributed by atoms with Crippen LogP contribution in [0.5, 0.6) is 0 Å². The van der Waals surface area contributed by atoms with Gasteiger partial charge in [0.15, 0.2) is 11.6 Å². The normalized spacial score (nSPS) is 30.8. The average molecular weight is 369 g/mol. The van der Waals surface area contributed by atoms with Gasteiger partial charge in [-0.3, -0.25) is 9.59 Å². The fourth-order valence-electron chi connectivity index (χ4n) is 6.11. The molecule has 0 aromatic rings. The number of carbonyl (C=O) groups is 2. The van der Waals surface area contributed by atoms with Crippen LogP contribution in [-0.4, -0.2) is 11.6 Å². The summed E-state index contributed by atoms with van der Waals surface area (Å²) in [5.41, 5.74) is 5.30. The van der Waals surface area contributed by atoms with E-state index in [4.69, 9.17) is 0 Å². The number of allylic oxidation sites excluding steroid dienone is 4. The van der Waals surface area contributed by atoms with E-state index in [-0.39, 0.29) is 11.8 Å². The smallest absolute Gasteiger partial charge is 0.161 e. The molecule has 2 unspecified atom stereocenters. The van der Waals surface area contributed by atoms with Gasteiger partial charge in [0.1, 0.15) is 0 Å². The molecule has 0 aliphatic heterocycles. The molecule has 0 aromatic carbocycles. The number of ketones is 2. The topological polar surface area (TPSA) is 34.1 Å². The monoisotopic (exact) mass is 368 g/mol. The highest BCUT2D eigenvalue weighted by atomic mass is 16.1. The Morgan fingerprint density at radius 3 is 1.33 bits per heavy atom. The van der Waals surface area contributed by atoms with Gasteiger partial charge in [-0.25, -0.2) is 0 Å². The molecule has 0 radical (unpaired) electrons. The quantitative estimate of drug-likeness (QED) is 0.512. The highest BCUT2D eigenvalue weighted by molar-refractivity contribution is 6.01. The van der Waals surface area contributed by atoms with E-state index in [1.807, 2.05) is 0 Å². The van der Waals surface area contributed by atoms with Crippen molar-refractivity contribution in [1.82, 2.24) is 0 Å². The van der Waals surface area contributed by atoms with Gasteiger partial charge in [-0.05, 0) is 107 Å². The van der Waals surface area contributed by atoms with Crippen LogP contribution >= 0.6 is 0 Å². The first kappa shape index (κ1) is 19.2. The molecular weight excluding hydrogens is 332 g/mol. The van der Waals surface area contributed by atoms with Crippen LogP contribution in [0.25, 0.3) is 0 Å². The minimum atomic E-state index is 0.118. The fraction of sp³-hybridized carbons (Fsp3) is 0.760. The Kier molecular flexibility index (Phi) is 6.30. The maximum absolute atomic E-state index is 13.2. The lowest BCUT2D eigenvalue weighted by Gasteiger charge is -2.32. The number of hydrogen-bond donors (Lipinski definition) is 0. The van der Waals surface area contributed by atoms with Gasteiger partial charge in [-0.15, -0.1) is 0 Å². The molecule has 4 aliphatic rings. The molecule has 0 amide bonds. The zero-order chi connectivity index (χ0) is 18.6. The van der Waals surface area contributed by atoms with Gasteiger partial charge in [-0.2, -0.15) is 0 Å². The second kappa shape index (κ2) is 8.88. The summed E-state index contributed by atoms with van der Waals surface area (Å²) in [6.07, 6.45) is 19.4.